The first kappa shape index (κ1) is 19.8. The highest BCUT2D eigenvalue weighted by Crippen LogP contribution is 2.34. The van der Waals surface area contributed by atoms with Gasteiger partial charge in [0.05, 0.1) is 5.70 Å². The van der Waals surface area contributed by atoms with Crippen LogP contribution >= 0.6 is 11.6 Å². The Kier molecular flexibility index (Phi) is 5.76. The van der Waals surface area contributed by atoms with Crippen molar-refractivity contribution in [1.82, 2.24) is 15.9 Å². The standard InChI is InChI=1S/C22H24ClN3O3/c1-16-2-4-17(5-3-16)15-24-21(27)28-26-12-10-22(11-13-26)14-20(25-29-22)18-6-8-19(23)9-7-18/h2-9,14,25H,10-13,15H2,1H3,(H,24,27). The molecule has 0 atom stereocenters. The fourth-order valence-corrected chi connectivity index (χ4v) is 3.61. The maximum Gasteiger partial charge on any atom is 0.426 e. The summed E-state index contributed by atoms with van der Waals surface area (Å²) >= 11 is 5.96. The number of carbonyl (C=O) groups is 1. The zero-order chi connectivity index (χ0) is 20.3. The van der Waals surface area contributed by atoms with Crippen LogP contribution in [0.2, 0.25) is 5.02 Å². The molecular formula is C22H24ClN3O3. The van der Waals surface area contributed by atoms with Gasteiger partial charge in [0.25, 0.3) is 0 Å². The number of rotatable bonds is 4. The Morgan fingerprint density at radius 1 is 1.17 bits per heavy atom. The Hall–Kier alpha value is -2.54. The molecule has 1 amide bonds. The summed E-state index contributed by atoms with van der Waals surface area (Å²) in [5, 5.41) is 5.18. The van der Waals surface area contributed by atoms with Gasteiger partial charge in [-0.05, 0) is 49.1 Å². The van der Waals surface area contributed by atoms with Crippen molar-refractivity contribution in [1.29, 1.82) is 0 Å². The van der Waals surface area contributed by atoms with Crippen molar-refractivity contribution in [3.63, 3.8) is 0 Å². The molecule has 0 aromatic heterocycles. The number of hydroxylamine groups is 3. The normalized spacial score (nSPS) is 18.2. The quantitative estimate of drug-likeness (QED) is 0.786. The molecule has 0 bridgehead atoms. The number of benzene rings is 2. The average molecular weight is 414 g/mol. The zero-order valence-electron chi connectivity index (χ0n) is 16.3. The van der Waals surface area contributed by atoms with Gasteiger partial charge in [-0.3, -0.25) is 10.3 Å². The van der Waals surface area contributed by atoms with Gasteiger partial charge in [-0.2, -0.15) is 0 Å². The fourth-order valence-electron chi connectivity index (χ4n) is 3.48. The maximum absolute atomic E-state index is 12.1. The van der Waals surface area contributed by atoms with Gasteiger partial charge in [0.15, 0.2) is 0 Å². The molecule has 2 aromatic carbocycles. The van der Waals surface area contributed by atoms with Crippen LogP contribution in [0.1, 0.15) is 29.5 Å². The Morgan fingerprint density at radius 2 is 1.86 bits per heavy atom. The Morgan fingerprint density at radius 3 is 2.55 bits per heavy atom. The average Bonchev–Trinajstić information content (AvgIpc) is 3.14. The number of hydrogen-bond donors (Lipinski definition) is 2. The molecule has 2 N–H and O–H groups in total. The molecule has 1 saturated heterocycles. The van der Waals surface area contributed by atoms with E-state index in [0.29, 0.717) is 24.7 Å². The summed E-state index contributed by atoms with van der Waals surface area (Å²) in [5.41, 5.74) is 6.84. The second-order valence-corrected chi connectivity index (χ2v) is 7.92. The number of hydrogen-bond acceptors (Lipinski definition) is 5. The van der Waals surface area contributed by atoms with Crippen LogP contribution in [-0.4, -0.2) is 29.8 Å². The van der Waals surface area contributed by atoms with Crippen molar-refractivity contribution in [3.05, 3.63) is 76.3 Å². The molecule has 1 fully saturated rings. The van der Waals surface area contributed by atoms with Crippen molar-refractivity contribution in [2.75, 3.05) is 13.1 Å². The van der Waals surface area contributed by atoms with Gasteiger partial charge in [0, 0.05) is 24.7 Å². The summed E-state index contributed by atoms with van der Waals surface area (Å²) < 4.78 is 0. The van der Waals surface area contributed by atoms with Gasteiger partial charge in [-0.25, -0.2) is 4.79 Å². The number of halogens is 1. The molecule has 6 nitrogen and oxygen atoms in total. The van der Waals surface area contributed by atoms with Gasteiger partial charge in [0.2, 0.25) is 0 Å². The van der Waals surface area contributed by atoms with Crippen molar-refractivity contribution >= 4 is 23.4 Å². The van der Waals surface area contributed by atoms with Crippen molar-refractivity contribution in [3.8, 4) is 0 Å². The molecule has 0 unspecified atom stereocenters. The highest BCUT2D eigenvalue weighted by atomic mass is 35.5. The van der Waals surface area contributed by atoms with Gasteiger partial charge in [-0.1, -0.05) is 53.6 Å². The molecule has 1 spiro atoms. The third-order valence-corrected chi connectivity index (χ3v) is 5.52. The van der Waals surface area contributed by atoms with Crippen LogP contribution in [0.3, 0.4) is 0 Å². The minimum absolute atomic E-state index is 0.382. The number of piperidine rings is 1. The zero-order valence-corrected chi connectivity index (χ0v) is 17.0. The lowest BCUT2D eigenvalue weighted by atomic mass is 9.91. The maximum atomic E-state index is 12.1. The topological polar surface area (TPSA) is 62.8 Å². The minimum Gasteiger partial charge on any atom is -0.351 e. The van der Waals surface area contributed by atoms with E-state index in [-0.39, 0.29) is 5.60 Å². The van der Waals surface area contributed by atoms with E-state index in [2.05, 4.69) is 16.9 Å². The number of nitrogens with zero attached hydrogens (tertiary/aromatic N) is 1. The van der Waals surface area contributed by atoms with Crippen LogP contribution < -0.4 is 10.8 Å². The van der Waals surface area contributed by atoms with E-state index < -0.39 is 6.09 Å². The summed E-state index contributed by atoms with van der Waals surface area (Å²) in [4.78, 5) is 23.4. The predicted molar refractivity (Wildman–Crippen MR) is 112 cm³/mol. The van der Waals surface area contributed by atoms with E-state index in [1.54, 1.807) is 5.06 Å². The number of aryl methyl sites for hydroxylation is 1. The SMILES string of the molecule is Cc1ccc(CNC(=O)ON2CCC3(C=C(c4ccc(Cl)cc4)NO3)CC2)cc1. The minimum atomic E-state index is -0.440. The fraction of sp³-hybridized carbons (Fsp3) is 0.318. The third kappa shape index (κ3) is 4.90. The van der Waals surface area contributed by atoms with Gasteiger partial charge in [0.1, 0.15) is 5.60 Å². The van der Waals surface area contributed by atoms with E-state index >= 15 is 0 Å². The number of amides is 1. The van der Waals surface area contributed by atoms with E-state index in [1.807, 2.05) is 55.5 Å². The molecule has 29 heavy (non-hydrogen) atoms. The molecule has 0 saturated carbocycles. The summed E-state index contributed by atoms with van der Waals surface area (Å²) in [6, 6.07) is 15.7. The first-order valence-corrected chi connectivity index (χ1v) is 10.1. The van der Waals surface area contributed by atoms with Crippen molar-refractivity contribution in [2.45, 2.75) is 31.9 Å². The highest BCUT2D eigenvalue weighted by Gasteiger charge is 2.39. The summed E-state index contributed by atoms with van der Waals surface area (Å²) in [7, 11) is 0. The van der Waals surface area contributed by atoms with Crippen LogP contribution in [-0.2, 0) is 16.2 Å². The van der Waals surface area contributed by atoms with E-state index in [0.717, 1.165) is 29.7 Å². The largest absolute Gasteiger partial charge is 0.426 e. The lowest BCUT2D eigenvalue weighted by Crippen LogP contribution is -2.46. The Balaban J connectivity index is 1.26. The van der Waals surface area contributed by atoms with Gasteiger partial charge >= 0.3 is 6.09 Å². The lowest BCUT2D eigenvalue weighted by molar-refractivity contribution is -0.156. The van der Waals surface area contributed by atoms with E-state index in [4.69, 9.17) is 21.3 Å². The van der Waals surface area contributed by atoms with Crippen LogP contribution in [0.25, 0.3) is 5.70 Å². The van der Waals surface area contributed by atoms with Gasteiger partial charge in [-0.15, -0.1) is 5.06 Å². The Bertz CT molecular complexity index is 889. The molecule has 2 aliphatic heterocycles. The molecule has 2 heterocycles. The molecule has 2 aliphatic rings. The number of nitrogens with one attached hydrogen (secondary N) is 2. The molecule has 152 valence electrons. The predicted octanol–water partition coefficient (Wildman–Crippen LogP) is 4.20. The van der Waals surface area contributed by atoms with Crippen molar-refractivity contribution in [2.24, 2.45) is 0 Å². The highest BCUT2D eigenvalue weighted by molar-refractivity contribution is 6.30. The van der Waals surface area contributed by atoms with Crippen LogP contribution in [0.5, 0.6) is 0 Å². The second-order valence-electron chi connectivity index (χ2n) is 7.48. The third-order valence-electron chi connectivity index (χ3n) is 5.27. The van der Waals surface area contributed by atoms with Crippen LogP contribution in [0, 0.1) is 6.92 Å². The second kappa shape index (κ2) is 8.45. The van der Waals surface area contributed by atoms with Crippen molar-refractivity contribution < 1.29 is 14.5 Å². The van der Waals surface area contributed by atoms with Crippen LogP contribution in [0.15, 0.2) is 54.6 Å². The Labute approximate surface area is 175 Å². The molecule has 7 heteroatoms. The molecule has 0 aliphatic carbocycles. The van der Waals surface area contributed by atoms with E-state index in [9.17, 15) is 4.79 Å². The lowest BCUT2D eigenvalue weighted by Gasteiger charge is -2.35. The van der Waals surface area contributed by atoms with E-state index in [1.165, 1.54) is 5.56 Å². The van der Waals surface area contributed by atoms with Crippen LogP contribution in [0.4, 0.5) is 4.79 Å². The smallest absolute Gasteiger partial charge is 0.351 e. The molecule has 0 radical (unpaired) electrons. The monoisotopic (exact) mass is 413 g/mol. The summed E-state index contributed by atoms with van der Waals surface area (Å²) in [5.74, 6) is 0. The molecular weight excluding hydrogens is 390 g/mol. The first-order valence-electron chi connectivity index (χ1n) is 9.70. The molecule has 2 aromatic rings. The number of carbonyl (C=O) groups excluding carboxylic acids is 1. The summed E-state index contributed by atoms with van der Waals surface area (Å²) in [6.45, 7) is 3.68. The van der Waals surface area contributed by atoms with Gasteiger partial charge < -0.3 is 10.2 Å². The summed E-state index contributed by atoms with van der Waals surface area (Å²) in [6.07, 6.45) is 3.12. The molecule has 4 rings (SSSR count). The first-order chi connectivity index (χ1) is 14.0.